The second-order valence-electron chi connectivity index (χ2n) is 8.31. The molecule has 0 atom stereocenters. The van der Waals surface area contributed by atoms with Crippen molar-refractivity contribution in [2.75, 3.05) is 19.0 Å². The zero-order chi connectivity index (χ0) is 21.5. The van der Waals surface area contributed by atoms with E-state index < -0.39 is 0 Å². The van der Waals surface area contributed by atoms with Gasteiger partial charge in [0.1, 0.15) is 5.75 Å². The summed E-state index contributed by atoms with van der Waals surface area (Å²) in [7, 11) is 1.86. The van der Waals surface area contributed by atoms with Crippen molar-refractivity contribution in [2.45, 2.75) is 57.9 Å². The molecule has 1 aliphatic carbocycles. The molecule has 160 valence electrons. The zero-order valence-corrected chi connectivity index (χ0v) is 18.2. The fourth-order valence-electron chi connectivity index (χ4n) is 3.89. The number of amides is 2. The minimum atomic E-state index is -0.288. The van der Waals surface area contributed by atoms with Crippen molar-refractivity contribution in [1.29, 1.82) is 0 Å². The van der Waals surface area contributed by atoms with Gasteiger partial charge < -0.3 is 15.0 Å². The first-order valence-electron chi connectivity index (χ1n) is 10.8. The Morgan fingerprint density at radius 3 is 2.37 bits per heavy atom. The molecule has 1 aliphatic rings. The van der Waals surface area contributed by atoms with Crippen LogP contribution >= 0.6 is 0 Å². The summed E-state index contributed by atoms with van der Waals surface area (Å²) in [6.45, 7) is 4.16. The van der Waals surface area contributed by atoms with E-state index in [1.807, 2.05) is 48.3 Å². The average molecular weight is 409 g/mol. The highest BCUT2D eigenvalue weighted by molar-refractivity contribution is 6.04. The average Bonchev–Trinajstić information content (AvgIpc) is 2.78. The van der Waals surface area contributed by atoms with E-state index in [1.165, 1.54) is 12.0 Å². The first-order valence-corrected chi connectivity index (χ1v) is 10.8. The van der Waals surface area contributed by atoms with E-state index in [0.29, 0.717) is 22.9 Å². The van der Waals surface area contributed by atoms with E-state index >= 15 is 0 Å². The van der Waals surface area contributed by atoms with Gasteiger partial charge in [-0.1, -0.05) is 57.4 Å². The third-order valence-electron chi connectivity index (χ3n) is 5.79. The molecule has 1 saturated carbocycles. The van der Waals surface area contributed by atoms with E-state index in [1.54, 1.807) is 12.1 Å². The third-order valence-corrected chi connectivity index (χ3v) is 5.79. The number of carbonyl (C=O) groups is 2. The smallest absolute Gasteiger partial charge is 0.262 e. The maximum atomic E-state index is 13.1. The predicted octanol–water partition coefficient (Wildman–Crippen LogP) is 5.23. The number of rotatable bonds is 7. The molecule has 1 N–H and O–H groups in total. The number of hydrogen-bond acceptors (Lipinski definition) is 3. The molecule has 30 heavy (non-hydrogen) atoms. The number of nitrogens with zero attached hydrogens (tertiary/aromatic N) is 1. The van der Waals surface area contributed by atoms with Crippen molar-refractivity contribution in [3.05, 3.63) is 59.7 Å². The second kappa shape index (κ2) is 10.3. The lowest BCUT2D eigenvalue weighted by atomic mass is 9.94. The van der Waals surface area contributed by atoms with Gasteiger partial charge in [0.25, 0.3) is 11.8 Å². The van der Waals surface area contributed by atoms with Gasteiger partial charge in [0, 0.05) is 13.1 Å². The van der Waals surface area contributed by atoms with Crippen molar-refractivity contribution in [3.8, 4) is 5.75 Å². The Balaban J connectivity index is 1.60. The standard InChI is InChI=1S/C25H32N2O3/c1-18(2)19-13-15-21(16-14-19)30-17-24(28)26-23-12-8-7-11-22(23)25(29)27(3)20-9-5-4-6-10-20/h7-8,11-16,18,20H,4-6,9-10,17H2,1-3H3,(H,26,28). The zero-order valence-electron chi connectivity index (χ0n) is 18.2. The van der Waals surface area contributed by atoms with Gasteiger partial charge in [-0.3, -0.25) is 9.59 Å². The highest BCUT2D eigenvalue weighted by Gasteiger charge is 2.24. The van der Waals surface area contributed by atoms with Gasteiger partial charge in [0.2, 0.25) is 0 Å². The summed E-state index contributed by atoms with van der Waals surface area (Å²) in [6, 6.07) is 15.2. The Bertz CT molecular complexity index is 855. The van der Waals surface area contributed by atoms with Crippen LogP contribution in [0.3, 0.4) is 0 Å². The molecule has 5 nitrogen and oxygen atoms in total. The van der Waals surface area contributed by atoms with E-state index in [0.717, 1.165) is 25.7 Å². The summed E-state index contributed by atoms with van der Waals surface area (Å²) in [5.74, 6) is 0.755. The fourth-order valence-corrected chi connectivity index (χ4v) is 3.89. The van der Waals surface area contributed by atoms with Crippen LogP contribution in [0.25, 0.3) is 0 Å². The molecule has 1 fully saturated rings. The quantitative estimate of drug-likeness (QED) is 0.682. The normalized spacial score (nSPS) is 14.4. The van der Waals surface area contributed by atoms with Crippen molar-refractivity contribution in [3.63, 3.8) is 0 Å². The van der Waals surface area contributed by atoms with Crippen LogP contribution in [0, 0.1) is 0 Å². The lowest BCUT2D eigenvalue weighted by Crippen LogP contribution is -2.38. The Hall–Kier alpha value is -2.82. The molecule has 0 spiro atoms. The van der Waals surface area contributed by atoms with E-state index in [9.17, 15) is 9.59 Å². The molecule has 0 radical (unpaired) electrons. The summed E-state index contributed by atoms with van der Waals surface area (Å²) < 4.78 is 5.61. The maximum absolute atomic E-state index is 13.1. The van der Waals surface area contributed by atoms with E-state index in [-0.39, 0.29) is 24.5 Å². The summed E-state index contributed by atoms with van der Waals surface area (Å²) in [5, 5.41) is 2.84. The van der Waals surface area contributed by atoms with Crippen LogP contribution in [-0.2, 0) is 4.79 Å². The van der Waals surface area contributed by atoms with Crippen LogP contribution in [0.4, 0.5) is 5.69 Å². The Morgan fingerprint density at radius 1 is 1.03 bits per heavy atom. The van der Waals surface area contributed by atoms with Crippen molar-refractivity contribution < 1.29 is 14.3 Å². The van der Waals surface area contributed by atoms with Gasteiger partial charge in [-0.05, 0) is 48.6 Å². The fraction of sp³-hybridized carbons (Fsp3) is 0.440. The van der Waals surface area contributed by atoms with Crippen molar-refractivity contribution in [2.24, 2.45) is 0 Å². The van der Waals surface area contributed by atoms with Crippen LogP contribution in [0.15, 0.2) is 48.5 Å². The molecular formula is C25H32N2O3. The minimum absolute atomic E-state index is 0.0528. The Kier molecular flexibility index (Phi) is 7.50. The van der Waals surface area contributed by atoms with Crippen molar-refractivity contribution >= 4 is 17.5 Å². The minimum Gasteiger partial charge on any atom is -0.484 e. The molecule has 0 aliphatic heterocycles. The molecule has 2 aromatic carbocycles. The van der Waals surface area contributed by atoms with Gasteiger partial charge >= 0.3 is 0 Å². The summed E-state index contributed by atoms with van der Waals surface area (Å²) in [6.07, 6.45) is 5.65. The molecular weight excluding hydrogens is 376 g/mol. The topological polar surface area (TPSA) is 58.6 Å². The predicted molar refractivity (Wildman–Crippen MR) is 120 cm³/mol. The molecule has 0 unspecified atom stereocenters. The molecule has 0 saturated heterocycles. The summed E-state index contributed by atoms with van der Waals surface area (Å²) in [4.78, 5) is 27.3. The molecule has 5 heteroatoms. The van der Waals surface area contributed by atoms with Gasteiger partial charge in [-0.25, -0.2) is 0 Å². The maximum Gasteiger partial charge on any atom is 0.262 e. The molecule has 2 aromatic rings. The lowest BCUT2D eigenvalue weighted by molar-refractivity contribution is -0.118. The largest absolute Gasteiger partial charge is 0.484 e. The first-order chi connectivity index (χ1) is 14.5. The summed E-state index contributed by atoms with van der Waals surface area (Å²) in [5.41, 5.74) is 2.26. The van der Waals surface area contributed by atoms with Crippen LogP contribution in [0.2, 0.25) is 0 Å². The SMILES string of the molecule is CC(C)c1ccc(OCC(=O)Nc2ccccc2C(=O)N(C)C2CCCCC2)cc1. The molecule has 2 amide bonds. The van der Waals surface area contributed by atoms with Gasteiger partial charge in [0.05, 0.1) is 11.3 Å². The number of ether oxygens (including phenoxy) is 1. The number of para-hydroxylation sites is 1. The highest BCUT2D eigenvalue weighted by atomic mass is 16.5. The van der Waals surface area contributed by atoms with Crippen LogP contribution in [-0.4, -0.2) is 36.4 Å². The molecule has 3 rings (SSSR count). The monoisotopic (exact) mass is 408 g/mol. The number of hydrogen-bond donors (Lipinski definition) is 1. The van der Waals surface area contributed by atoms with E-state index in [2.05, 4.69) is 19.2 Å². The number of carbonyl (C=O) groups excluding carboxylic acids is 2. The second-order valence-corrected chi connectivity index (χ2v) is 8.31. The molecule has 0 aromatic heterocycles. The number of nitrogens with one attached hydrogen (secondary N) is 1. The third kappa shape index (κ3) is 5.62. The number of benzene rings is 2. The number of anilines is 1. The van der Waals surface area contributed by atoms with Crippen molar-refractivity contribution in [1.82, 2.24) is 4.90 Å². The van der Waals surface area contributed by atoms with E-state index in [4.69, 9.17) is 4.74 Å². The Labute approximate surface area is 179 Å². The van der Waals surface area contributed by atoms with Gasteiger partial charge in [0.15, 0.2) is 6.61 Å². The van der Waals surface area contributed by atoms with Gasteiger partial charge in [-0.2, -0.15) is 0 Å². The van der Waals surface area contributed by atoms with Crippen LogP contribution in [0.1, 0.15) is 67.8 Å². The molecule has 0 heterocycles. The van der Waals surface area contributed by atoms with Crippen LogP contribution < -0.4 is 10.1 Å². The van der Waals surface area contributed by atoms with Gasteiger partial charge in [-0.15, -0.1) is 0 Å². The first kappa shape index (κ1) is 21.9. The Morgan fingerprint density at radius 2 is 1.70 bits per heavy atom. The highest BCUT2D eigenvalue weighted by Crippen LogP contribution is 2.25. The summed E-state index contributed by atoms with van der Waals surface area (Å²) >= 11 is 0. The lowest BCUT2D eigenvalue weighted by Gasteiger charge is -2.31. The van der Waals surface area contributed by atoms with Crippen LogP contribution in [0.5, 0.6) is 5.75 Å². The molecule has 0 bridgehead atoms.